The summed E-state index contributed by atoms with van der Waals surface area (Å²) in [6.07, 6.45) is 10.5. The Hall–Kier alpha value is -0.260. The Labute approximate surface area is 143 Å². The van der Waals surface area contributed by atoms with Crippen LogP contribution in [-0.4, -0.2) is 0 Å². The van der Waals surface area contributed by atoms with Crippen LogP contribution in [0.25, 0.3) is 0 Å². The summed E-state index contributed by atoms with van der Waals surface area (Å²) in [4.78, 5) is 0. The molecule has 0 heterocycles. The number of rotatable bonds is 0. The lowest BCUT2D eigenvalue weighted by atomic mass is 9.47. The Bertz CT molecular complexity index is 496. The minimum absolute atomic E-state index is 0.558. The lowest BCUT2D eigenvalue weighted by molar-refractivity contribution is 0.00544. The summed E-state index contributed by atoms with van der Waals surface area (Å²) in [6, 6.07) is 0. The van der Waals surface area contributed by atoms with E-state index in [4.69, 9.17) is 6.58 Å². The van der Waals surface area contributed by atoms with Crippen LogP contribution in [-0.2, 0) is 0 Å². The van der Waals surface area contributed by atoms with Crippen LogP contribution in [0.2, 0.25) is 0 Å². The molecule has 10 unspecified atom stereocenters. The fraction of sp³-hybridized carbons (Fsp3) is 0.913. The van der Waals surface area contributed by atoms with Crippen LogP contribution in [0.4, 0.5) is 0 Å². The molecule has 2 spiro atoms. The van der Waals surface area contributed by atoms with E-state index in [0.717, 1.165) is 47.3 Å². The van der Waals surface area contributed by atoms with E-state index in [1.54, 1.807) is 5.57 Å². The SMILES string of the molecule is C=C1C2(CCCC13CC1CC3C(C)C1C)CC1CC2C(C)C1C. The smallest absolute Gasteiger partial charge is 0.00514 e. The van der Waals surface area contributed by atoms with Crippen molar-refractivity contribution in [3.8, 4) is 0 Å². The molecular weight excluding hydrogens is 276 g/mol. The molecule has 0 radical (unpaired) electrons. The molecule has 5 aliphatic rings. The summed E-state index contributed by atoms with van der Waals surface area (Å²) in [5.41, 5.74) is 2.90. The van der Waals surface area contributed by atoms with Crippen molar-refractivity contribution in [2.75, 3.05) is 0 Å². The van der Waals surface area contributed by atoms with Crippen molar-refractivity contribution >= 4 is 0 Å². The maximum Gasteiger partial charge on any atom is -0.00514 e. The van der Waals surface area contributed by atoms with Crippen molar-refractivity contribution in [1.29, 1.82) is 0 Å². The molecule has 0 aliphatic heterocycles. The van der Waals surface area contributed by atoms with Gasteiger partial charge in [-0.05, 0) is 96.7 Å². The van der Waals surface area contributed by atoms with E-state index in [1.165, 1.54) is 44.9 Å². The van der Waals surface area contributed by atoms with Gasteiger partial charge in [0.25, 0.3) is 0 Å². The first-order chi connectivity index (χ1) is 10.9. The molecule has 0 N–H and O–H groups in total. The summed E-state index contributed by atoms with van der Waals surface area (Å²) >= 11 is 0. The van der Waals surface area contributed by atoms with Gasteiger partial charge in [0.1, 0.15) is 0 Å². The zero-order chi connectivity index (χ0) is 16.1. The Kier molecular flexibility index (Phi) is 2.92. The van der Waals surface area contributed by atoms with Crippen molar-refractivity contribution < 1.29 is 0 Å². The molecule has 5 fully saturated rings. The summed E-state index contributed by atoms with van der Waals surface area (Å²) in [6.45, 7) is 15.1. The second kappa shape index (κ2) is 4.47. The predicted octanol–water partition coefficient (Wildman–Crippen LogP) is 6.32. The lowest BCUT2D eigenvalue weighted by Gasteiger charge is -2.57. The minimum atomic E-state index is 0.558. The summed E-state index contributed by atoms with van der Waals surface area (Å²) < 4.78 is 0. The third-order valence-electron chi connectivity index (χ3n) is 10.6. The molecule has 0 nitrogen and oxygen atoms in total. The lowest BCUT2D eigenvalue weighted by Crippen LogP contribution is -2.49. The van der Waals surface area contributed by atoms with E-state index < -0.39 is 0 Å². The maximum absolute atomic E-state index is 4.94. The van der Waals surface area contributed by atoms with Crippen molar-refractivity contribution in [3.63, 3.8) is 0 Å². The van der Waals surface area contributed by atoms with E-state index in [1.807, 2.05) is 0 Å². The molecule has 5 rings (SSSR count). The molecule has 5 saturated carbocycles. The summed E-state index contributed by atoms with van der Waals surface area (Å²) in [5, 5.41) is 0. The van der Waals surface area contributed by atoms with Gasteiger partial charge in [0, 0.05) is 0 Å². The topological polar surface area (TPSA) is 0 Å². The van der Waals surface area contributed by atoms with Gasteiger partial charge in [-0.25, -0.2) is 0 Å². The first-order valence-corrected chi connectivity index (χ1v) is 10.6. The average molecular weight is 313 g/mol. The highest BCUT2D eigenvalue weighted by atomic mass is 14.7. The van der Waals surface area contributed by atoms with Crippen LogP contribution in [0.15, 0.2) is 12.2 Å². The minimum Gasteiger partial charge on any atom is -0.0987 e. The van der Waals surface area contributed by atoms with Crippen LogP contribution in [0.3, 0.4) is 0 Å². The Morgan fingerprint density at radius 1 is 0.739 bits per heavy atom. The number of hydrogen-bond donors (Lipinski definition) is 0. The van der Waals surface area contributed by atoms with Crippen LogP contribution in [0, 0.1) is 58.2 Å². The number of fused-ring (bicyclic) bond motifs is 6. The van der Waals surface area contributed by atoms with Gasteiger partial charge < -0.3 is 0 Å². The molecule has 0 heteroatoms. The molecule has 0 saturated heterocycles. The van der Waals surface area contributed by atoms with Gasteiger partial charge in [0.15, 0.2) is 0 Å². The Morgan fingerprint density at radius 2 is 1.17 bits per heavy atom. The zero-order valence-corrected chi connectivity index (χ0v) is 15.8. The van der Waals surface area contributed by atoms with Gasteiger partial charge in [0.05, 0.1) is 0 Å². The van der Waals surface area contributed by atoms with Gasteiger partial charge in [-0.2, -0.15) is 0 Å². The quantitative estimate of drug-likeness (QED) is 0.459. The number of hydrogen-bond acceptors (Lipinski definition) is 0. The second-order valence-electron chi connectivity index (χ2n) is 10.7. The van der Waals surface area contributed by atoms with Crippen molar-refractivity contribution in [2.45, 2.75) is 72.6 Å². The largest absolute Gasteiger partial charge is 0.0987 e. The third kappa shape index (κ3) is 1.56. The maximum atomic E-state index is 4.94. The standard InChI is InChI=1S/C23H36/c1-13-15(3)20-9-18(13)11-22(20)7-6-8-23(17(22)5)12-19-10-21(23)16(4)14(19)2/h13-16,18-21H,5-12H2,1-4H3. The fourth-order valence-corrected chi connectivity index (χ4v) is 9.12. The summed E-state index contributed by atoms with van der Waals surface area (Å²) in [5.74, 6) is 7.78. The van der Waals surface area contributed by atoms with Gasteiger partial charge >= 0.3 is 0 Å². The summed E-state index contributed by atoms with van der Waals surface area (Å²) in [7, 11) is 0. The Balaban J connectivity index is 1.52. The molecule has 10 atom stereocenters. The molecule has 5 aliphatic carbocycles. The molecule has 0 aromatic rings. The number of allylic oxidation sites excluding steroid dienone is 1. The molecule has 0 aromatic heterocycles. The van der Waals surface area contributed by atoms with Gasteiger partial charge in [-0.15, -0.1) is 0 Å². The van der Waals surface area contributed by atoms with E-state index in [9.17, 15) is 0 Å². The van der Waals surface area contributed by atoms with Gasteiger partial charge in [0.2, 0.25) is 0 Å². The monoisotopic (exact) mass is 312 g/mol. The molecule has 128 valence electrons. The van der Waals surface area contributed by atoms with Crippen LogP contribution in [0.1, 0.15) is 72.6 Å². The zero-order valence-electron chi connectivity index (χ0n) is 15.8. The van der Waals surface area contributed by atoms with Crippen LogP contribution < -0.4 is 0 Å². The highest BCUT2D eigenvalue weighted by Gasteiger charge is 2.66. The van der Waals surface area contributed by atoms with Crippen molar-refractivity contribution in [1.82, 2.24) is 0 Å². The highest BCUT2D eigenvalue weighted by molar-refractivity contribution is 5.33. The van der Waals surface area contributed by atoms with E-state index >= 15 is 0 Å². The van der Waals surface area contributed by atoms with Crippen molar-refractivity contribution in [2.24, 2.45) is 58.2 Å². The van der Waals surface area contributed by atoms with E-state index in [-0.39, 0.29) is 0 Å². The second-order valence-corrected chi connectivity index (χ2v) is 10.7. The van der Waals surface area contributed by atoms with Crippen LogP contribution >= 0.6 is 0 Å². The average Bonchev–Trinajstić information content (AvgIpc) is 3.22. The highest BCUT2D eigenvalue weighted by Crippen LogP contribution is 2.75. The fourth-order valence-electron chi connectivity index (χ4n) is 9.12. The molecule has 0 amide bonds. The molecule has 23 heavy (non-hydrogen) atoms. The normalized spacial score (nSPS) is 63.7. The van der Waals surface area contributed by atoms with Crippen LogP contribution in [0.5, 0.6) is 0 Å². The van der Waals surface area contributed by atoms with Gasteiger partial charge in [-0.1, -0.05) is 46.3 Å². The molecule has 4 bridgehead atoms. The first-order valence-electron chi connectivity index (χ1n) is 10.6. The first kappa shape index (κ1) is 15.0. The molecule has 0 aromatic carbocycles. The van der Waals surface area contributed by atoms with E-state index in [2.05, 4.69) is 27.7 Å². The third-order valence-corrected chi connectivity index (χ3v) is 10.6. The molecular formula is C23H36. The van der Waals surface area contributed by atoms with Gasteiger partial charge in [-0.3, -0.25) is 0 Å². The van der Waals surface area contributed by atoms with Crippen molar-refractivity contribution in [3.05, 3.63) is 12.2 Å². The Morgan fingerprint density at radius 3 is 1.52 bits per heavy atom. The predicted molar refractivity (Wildman–Crippen MR) is 96.9 cm³/mol. The van der Waals surface area contributed by atoms with E-state index in [0.29, 0.717) is 10.8 Å².